The van der Waals surface area contributed by atoms with Gasteiger partial charge in [0.15, 0.2) is 0 Å². The van der Waals surface area contributed by atoms with Crippen molar-refractivity contribution in [2.45, 2.75) is 46.5 Å². The Morgan fingerprint density at radius 1 is 1.00 bits per heavy atom. The summed E-state index contributed by atoms with van der Waals surface area (Å²) in [7, 11) is 1.70. The maximum Gasteiger partial charge on any atom is 0.118 e. The average molecular weight is 208 g/mol. The Labute approximate surface area is 94.5 Å². The van der Waals surface area contributed by atoms with Crippen LogP contribution >= 0.6 is 0 Å². The maximum atomic E-state index is 5.07. The zero-order valence-electron chi connectivity index (χ0n) is 10.5. The molecule has 0 bridgehead atoms. The zero-order valence-corrected chi connectivity index (χ0v) is 10.5. The monoisotopic (exact) mass is 208 g/mol. The Bertz CT molecular complexity index is 226. The molecule has 0 atom stereocenters. The first kappa shape index (κ1) is 14.0. The number of unbranched alkanes of at least 4 members (excludes halogenated alkanes) is 1. The second-order valence-corrected chi connectivity index (χ2v) is 3.66. The predicted molar refractivity (Wildman–Crippen MR) is 67.6 cm³/mol. The van der Waals surface area contributed by atoms with Crippen LogP contribution in [0.1, 0.15) is 45.6 Å². The fourth-order valence-corrected chi connectivity index (χ4v) is 1.17. The number of benzene rings is 1. The third-order valence-electron chi connectivity index (χ3n) is 1.98. The van der Waals surface area contributed by atoms with Gasteiger partial charge in [-0.3, -0.25) is 0 Å². The highest BCUT2D eigenvalue weighted by Crippen LogP contribution is 2.12. The van der Waals surface area contributed by atoms with E-state index in [1.165, 1.54) is 31.2 Å². The van der Waals surface area contributed by atoms with Crippen molar-refractivity contribution in [1.29, 1.82) is 0 Å². The molecule has 1 aromatic carbocycles. The van der Waals surface area contributed by atoms with E-state index in [1.54, 1.807) is 7.11 Å². The number of rotatable bonds is 4. The first-order valence-electron chi connectivity index (χ1n) is 5.91. The van der Waals surface area contributed by atoms with Gasteiger partial charge in [-0.1, -0.05) is 45.7 Å². The van der Waals surface area contributed by atoms with Gasteiger partial charge in [0, 0.05) is 0 Å². The van der Waals surface area contributed by atoms with E-state index in [0.29, 0.717) is 0 Å². The van der Waals surface area contributed by atoms with Crippen LogP contribution in [0.25, 0.3) is 0 Å². The molecule has 0 amide bonds. The van der Waals surface area contributed by atoms with Crippen molar-refractivity contribution >= 4 is 0 Å². The van der Waals surface area contributed by atoms with Crippen molar-refractivity contribution in [1.82, 2.24) is 0 Å². The minimum Gasteiger partial charge on any atom is -0.497 e. The van der Waals surface area contributed by atoms with Gasteiger partial charge < -0.3 is 4.74 Å². The van der Waals surface area contributed by atoms with Crippen molar-refractivity contribution < 1.29 is 4.74 Å². The average Bonchev–Trinajstić information content (AvgIpc) is 2.28. The summed E-state index contributed by atoms with van der Waals surface area (Å²) < 4.78 is 5.07. The van der Waals surface area contributed by atoms with Crippen LogP contribution in [0.4, 0.5) is 0 Å². The van der Waals surface area contributed by atoms with Gasteiger partial charge in [-0.25, -0.2) is 0 Å². The van der Waals surface area contributed by atoms with Crippen molar-refractivity contribution in [2.75, 3.05) is 7.11 Å². The minimum atomic E-state index is 0.940. The summed E-state index contributed by atoms with van der Waals surface area (Å²) in [5.41, 5.74) is 1.40. The van der Waals surface area contributed by atoms with Crippen LogP contribution in [-0.2, 0) is 6.42 Å². The van der Waals surface area contributed by atoms with Gasteiger partial charge in [0.25, 0.3) is 0 Å². The molecule has 15 heavy (non-hydrogen) atoms. The van der Waals surface area contributed by atoms with E-state index in [1.807, 2.05) is 12.1 Å². The summed E-state index contributed by atoms with van der Waals surface area (Å²) in [6.45, 7) is 6.46. The molecule has 1 nitrogen and oxygen atoms in total. The highest BCUT2D eigenvalue weighted by Gasteiger charge is 1.92. The quantitative estimate of drug-likeness (QED) is 0.710. The van der Waals surface area contributed by atoms with Crippen molar-refractivity contribution in [3.63, 3.8) is 0 Å². The minimum absolute atomic E-state index is 0.940. The Morgan fingerprint density at radius 2 is 1.53 bits per heavy atom. The van der Waals surface area contributed by atoms with Crippen LogP contribution in [0.3, 0.4) is 0 Å². The largest absolute Gasteiger partial charge is 0.497 e. The van der Waals surface area contributed by atoms with E-state index >= 15 is 0 Å². The van der Waals surface area contributed by atoms with E-state index in [2.05, 4.69) is 32.9 Å². The number of ether oxygens (including phenoxy) is 1. The Kier molecular flexibility index (Phi) is 8.95. The van der Waals surface area contributed by atoms with Crippen LogP contribution in [0.15, 0.2) is 24.3 Å². The van der Waals surface area contributed by atoms with Gasteiger partial charge in [-0.05, 0) is 30.5 Å². The normalized spacial score (nSPS) is 9.07. The molecule has 0 saturated heterocycles. The maximum absolute atomic E-state index is 5.07. The van der Waals surface area contributed by atoms with Crippen molar-refractivity contribution in [2.24, 2.45) is 0 Å². The standard InChI is InChI=1S/C11H16O.C3H8/c1-3-4-5-10-6-8-11(12-2)9-7-10;1-3-2/h6-9H,3-5H2,1-2H3;3H2,1-2H3. The SMILES string of the molecule is CCC.CCCCc1ccc(OC)cc1. The van der Waals surface area contributed by atoms with Gasteiger partial charge in [0.1, 0.15) is 5.75 Å². The number of hydrogen-bond acceptors (Lipinski definition) is 1. The molecule has 0 aromatic heterocycles. The first-order valence-corrected chi connectivity index (χ1v) is 5.91. The molecule has 0 N–H and O–H groups in total. The molecule has 0 heterocycles. The summed E-state index contributed by atoms with van der Waals surface area (Å²) >= 11 is 0. The van der Waals surface area contributed by atoms with Gasteiger partial charge in [0.2, 0.25) is 0 Å². The van der Waals surface area contributed by atoms with E-state index < -0.39 is 0 Å². The predicted octanol–water partition coefficient (Wildman–Crippen LogP) is 4.45. The molecule has 0 saturated carbocycles. The number of aryl methyl sites for hydroxylation is 1. The Morgan fingerprint density at radius 3 is 1.93 bits per heavy atom. The summed E-state index contributed by atoms with van der Waals surface area (Å²) in [5, 5.41) is 0. The molecule has 0 spiro atoms. The van der Waals surface area contributed by atoms with Crippen LogP contribution in [-0.4, -0.2) is 7.11 Å². The summed E-state index contributed by atoms with van der Waals surface area (Å²) in [5.74, 6) is 0.940. The fraction of sp³-hybridized carbons (Fsp3) is 0.571. The molecule has 86 valence electrons. The molecule has 1 aromatic rings. The highest BCUT2D eigenvalue weighted by molar-refractivity contribution is 5.27. The Hall–Kier alpha value is -0.980. The molecule has 1 heteroatoms. The molecule has 1 rings (SSSR count). The van der Waals surface area contributed by atoms with Gasteiger partial charge in [-0.2, -0.15) is 0 Å². The molecular formula is C14H24O. The highest BCUT2D eigenvalue weighted by atomic mass is 16.5. The van der Waals surface area contributed by atoms with Gasteiger partial charge >= 0.3 is 0 Å². The van der Waals surface area contributed by atoms with Crippen LogP contribution < -0.4 is 4.74 Å². The van der Waals surface area contributed by atoms with Crippen LogP contribution in [0.2, 0.25) is 0 Å². The zero-order chi connectivity index (χ0) is 11.5. The topological polar surface area (TPSA) is 9.23 Å². The lowest BCUT2D eigenvalue weighted by Gasteiger charge is -2.01. The van der Waals surface area contributed by atoms with Crippen molar-refractivity contribution in [3.8, 4) is 5.75 Å². The summed E-state index contributed by atoms with van der Waals surface area (Å²) in [4.78, 5) is 0. The molecule has 0 unspecified atom stereocenters. The van der Waals surface area contributed by atoms with E-state index in [-0.39, 0.29) is 0 Å². The van der Waals surface area contributed by atoms with Gasteiger partial charge in [-0.15, -0.1) is 0 Å². The van der Waals surface area contributed by atoms with E-state index in [0.717, 1.165) is 5.75 Å². The van der Waals surface area contributed by atoms with Crippen LogP contribution in [0.5, 0.6) is 5.75 Å². The summed E-state index contributed by atoms with van der Waals surface area (Å²) in [6.07, 6.45) is 4.96. The second-order valence-electron chi connectivity index (χ2n) is 3.66. The molecule has 0 fully saturated rings. The first-order chi connectivity index (χ1) is 7.28. The molecule has 0 radical (unpaired) electrons. The third kappa shape index (κ3) is 7.01. The van der Waals surface area contributed by atoms with Crippen LogP contribution in [0, 0.1) is 0 Å². The van der Waals surface area contributed by atoms with E-state index in [4.69, 9.17) is 4.74 Å². The lowest BCUT2D eigenvalue weighted by atomic mass is 10.1. The molecule has 0 aliphatic carbocycles. The fourth-order valence-electron chi connectivity index (χ4n) is 1.17. The lowest BCUT2D eigenvalue weighted by Crippen LogP contribution is -1.86. The second kappa shape index (κ2) is 9.57. The van der Waals surface area contributed by atoms with Crippen molar-refractivity contribution in [3.05, 3.63) is 29.8 Å². The third-order valence-corrected chi connectivity index (χ3v) is 1.98. The number of hydrogen-bond donors (Lipinski definition) is 0. The number of methoxy groups -OCH3 is 1. The summed E-state index contributed by atoms with van der Waals surface area (Å²) in [6, 6.07) is 8.30. The van der Waals surface area contributed by atoms with Gasteiger partial charge in [0.05, 0.1) is 7.11 Å². The Balaban J connectivity index is 0.000000583. The molecular weight excluding hydrogens is 184 g/mol. The smallest absolute Gasteiger partial charge is 0.118 e. The lowest BCUT2D eigenvalue weighted by molar-refractivity contribution is 0.414. The molecule has 0 aliphatic rings. The molecule has 0 aliphatic heterocycles. The van der Waals surface area contributed by atoms with E-state index in [9.17, 15) is 0 Å².